The number of carbonyl (C=O) groups is 1. The Morgan fingerprint density at radius 1 is 0.974 bits per heavy atom. The number of methoxy groups -OCH3 is 1. The molecule has 0 unspecified atom stereocenters. The number of ether oxygens (including phenoxy) is 7. The average molecular weight is 1100 g/mol. The van der Waals surface area contributed by atoms with Gasteiger partial charge in [-0.15, -0.1) is 17.8 Å². The van der Waals surface area contributed by atoms with Crippen LogP contribution in [-0.2, 0) is 36.8 Å². The molecule has 1 aliphatic carbocycles. The van der Waals surface area contributed by atoms with Crippen molar-refractivity contribution >= 4 is 44.7 Å². The summed E-state index contributed by atoms with van der Waals surface area (Å²) < 4.78 is 71.5. The zero-order valence-corrected chi connectivity index (χ0v) is 45.9. The molecule has 19 heteroatoms. The second kappa shape index (κ2) is 27.8. The highest BCUT2D eigenvalue weighted by atomic mass is 35.5. The third kappa shape index (κ3) is 15.4. The second-order valence-corrected chi connectivity index (χ2v) is 21.2. The number of rotatable bonds is 20. The molecule has 77 heavy (non-hydrogen) atoms. The van der Waals surface area contributed by atoms with Crippen molar-refractivity contribution in [1.82, 2.24) is 29.7 Å². The number of hydrogen-bond acceptors (Lipinski definition) is 15. The lowest BCUT2D eigenvalue weighted by molar-refractivity contribution is -0.145. The molecule has 15 nitrogen and oxygen atoms in total. The Hall–Kier alpha value is -5.62. The summed E-state index contributed by atoms with van der Waals surface area (Å²) in [4.78, 5) is 38.1. The standard InChI is InChI=1S/C58H69ClF2N6O9S/c1-6-40-30-39(33-67-22-20-66(4)21-23-67)34-74-46-12-13-48(75-35-45-16-19-62-54(65-45)42-14-17-58(61,18-15-42)36-73-29-28-72-27-26-71-25-24-70-5)43(31-46)32-49(57(68)69)76-55-51-50(47(7-2)38(3)52(40)59)53(77-56(51)64-37-63-55)41-8-10-44(60)11-9-41/h1,8-13,16,19,31,37,39,42,49H,7,14-15,17-18,20-30,32-36H2,2-5H3,(H,68,69)/b47-38+,52-40-/t39-,42-,49-,58-/m1/s1. The van der Waals surface area contributed by atoms with E-state index in [2.05, 4.69) is 37.7 Å². The molecule has 1 saturated heterocycles. The number of nitrogens with zero attached hydrogens (tertiary/aromatic N) is 6. The molecule has 1 saturated carbocycles. The Morgan fingerprint density at radius 3 is 2.40 bits per heavy atom. The largest absolute Gasteiger partial charge is 0.493 e. The SMILES string of the molecule is C#C/C1=C(Cl)\C(C)=C(/CC)c2c(-c3ccc(F)cc3)sc3ncnc(c23)O[C@@H](C(=O)O)Cc2cc(ccc2OCc2ccnc([C@H]3CC[C@@](F)(COCCOCCOCCOC)CC3)n2)OC[C@@H](CN2CCN(C)CC2)C1. The number of benzene rings is 2. The number of hydrogen-bond donors (Lipinski definition) is 1. The van der Waals surface area contributed by atoms with Crippen molar-refractivity contribution in [3.05, 3.63) is 106 Å². The van der Waals surface area contributed by atoms with Gasteiger partial charge in [-0.3, -0.25) is 0 Å². The minimum Gasteiger partial charge on any atom is -0.493 e. The van der Waals surface area contributed by atoms with Crippen LogP contribution in [0, 0.1) is 24.1 Å². The van der Waals surface area contributed by atoms with Crippen molar-refractivity contribution in [2.45, 2.75) is 83.1 Å². The number of allylic oxidation sites excluding steroid dienone is 4. The molecule has 0 radical (unpaired) electrons. The Bertz CT molecular complexity index is 2880. The van der Waals surface area contributed by atoms with E-state index in [9.17, 15) is 14.3 Å². The number of aliphatic carboxylic acids is 1. The van der Waals surface area contributed by atoms with Crippen LogP contribution in [-0.4, -0.2) is 152 Å². The number of piperazine rings is 1. The third-order valence-electron chi connectivity index (χ3n) is 14.4. The van der Waals surface area contributed by atoms with Gasteiger partial charge in [-0.2, -0.15) is 0 Å². The number of halogens is 3. The highest BCUT2D eigenvalue weighted by molar-refractivity contribution is 7.22. The summed E-state index contributed by atoms with van der Waals surface area (Å²) in [5.74, 6) is 2.74. The molecule has 0 spiro atoms. The first-order valence-corrected chi connectivity index (χ1v) is 27.6. The van der Waals surface area contributed by atoms with Gasteiger partial charge >= 0.3 is 5.97 Å². The van der Waals surface area contributed by atoms with Gasteiger partial charge in [-0.25, -0.2) is 33.5 Å². The minimum absolute atomic E-state index is 0.00804. The third-order valence-corrected chi connectivity index (χ3v) is 16.0. The van der Waals surface area contributed by atoms with Gasteiger partial charge in [-0.1, -0.05) is 36.6 Å². The summed E-state index contributed by atoms with van der Waals surface area (Å²) in [5.41, 5.74) is 3.27. The number of terminal acetylenes is 1. The average Bonchev–Trinajstić information content (AvgIpc) is 3.84. The molecule has 2 aromatic carbocycles. The van der Waals surface area contributed by atoms with Crippen LogP contribution in [0.1, 0.15) is 80.9 Å². The van der Waals surface area contributed by atoms with E-state index in [4.69, 9.17) is 56.2 Å². The van der Waals surface area contributed by atoms with Gasteiger partial charge in [0.2, 0.25) is 12.0 Å². The van der Waals surface area contributed by atoms with E-state index in [0.29, 0.717) is 140 Å². The van der Waals surface area contributed by atoms with Crippen molar-refractivity contribution < 1.29 is 51.8 Å². The lowest BCUT2D eigenvalue weighted by Gasteiger charge is -2.34. The summed E-state index contributed by atoms with van der Waals surface area (Å²) in [6.45, 7) is 11.1. The lowest BCUT2D eigenvalue weighted by Crippen LogP contribution is -2.46. The van der Waals surface area contributed by atoms with E-state index in [0.717, 1.165) is 47.8 Å². The van der Waals surface area contributed by atoms with Crippen molar-refractivity contribution in [2.75, 3.05) is 99.7 Å². The van der Waals surface area contributed by atoms with Crippen LogP contribution < -0.4 is 14.2 Å². The van der Waals surface area contributed by atoms with Crippen LogP contribution in [0.15, 0.2) is 77.2 Å². The maximum atomic E-state index is 15.9. The maximum absolute atomic E-state index is 15.9. The van der Waals surface area contributed by atoms with Crippen LogP contribution in [0.5, 0.6) is 17.4 Å². The number of fused-ring (bicyclic) bond motifs is 2. The maximum Gasteiger partial charge on any atom is 0.345 e. The molecule has 2 bridgehead atoms. The highest BCUT2D eigenvalue weighted by Gasteiger charge is 2.37. The zero-order valence-electron chi connectivity index (χ0n) is 44.4. The molecule has 5 heterocycles. The highest BCUT2D eigenvalue weighted by Crippen LogP contribution is 2.48. The monoisotopic (exact) mass is 1100 g/mol. The first kappa shape index (κ1) is 57.6. The molecule has 0 amide bonds. The van der Waals surface area contributed by atoms with Gasteiger partial charge < -0.3 is 48.1 Å². The molecule has 2 aliphatic heterocycles. The van der Waals surface area contributed by atoms with Crippen LogP contribution in [0.4, 0.5) is 8.78 Å². The molecule has 3 aliphatic rings. The smallest absolute Gasteiger partial charge is 0.345 e. The van der Waals surface area contributed by atoms with Crippen molar-refractivity contribution in [3.63, 3.8) is 0 Å². The van der Waals surface area contributed by atoms with E-state index >= 15 is 4.39 Å². The molecular weight excluding hydrogens is 1030 g/mol. The number of alkyl halides is 1. The Morgan fingerprint density at radius 2 is 1.70 bits per heavy atom. The number of carboxylic acids is 1. The van der Waals surface area contributed by atoms with Gasteiger partial charge in [0.1, 0.15) is 46.6 Å². The molecule has 8 rings (SSSR count). The van der Waals surface area contributed by atoms with Crippen molar-refractivity contribution in [2.24, 2.45) is 5.92 Å². The van der Waals surface area contributed by atoms with Crippen molar-refractivity contribution in [3.8, 4) is 40.2 Å². The Balaban J connectivity index is 1.06. The van der Waals surface area contributed by atoms with Gasteiger partial charge in [0.05, 0.1) is 69.0 Å². The molecule has 3 aromatic heterocycles. The fourth-order valence-electron chi connectivity index (χ4n) is 10.0. The van der Waals surface area contributed by atoms with Crippen LogP contribution in [0.2, 0.25) is 0 Å². The predicted molar refractivity (Wildman–Crippen MR) is 293 cm³/mol. The molecule has 2 atom stereocenters. The van der Waals surface area contributed by atoms with Crippen LogP contribution in [0.3, 0.4) is 0 Å². The first-order valence-electron chi connectivity index (χ1n) is 26.4. The van der Waals surface area contributed by atoms with Crippen LogP contribution in [0.25, 0.3) is 26.2 Å². The predicted octanol–water partition coefficient (Wildman–Crippen LogP) is 9.96. The molecule has 2 fully saturated rings. The van der Waals surface area contributed by atoms with E-state index < -0.39 is 17.7 Å². The summed E-state index contributed by atoms with van der Waals surface area (Å²) in [6, 6.07) is 13.3. The number of likely N-dealkylation sites (N-methyl/N-ethyl adjacent to an activating group) is 1. The fraction of sp³-hybridized carbons (Fsp3) is 0.500. The minimum atomic E-state index is -1.46. The summed E-state index contributed by atoms with van der Waals surface area (Å²) >= 11 is 8.80. The van der Waals surface area contributed by atoms with E-state index in [-0.39, 0.29) is 49.8 Å². The van der Waals surface area contributed by atoms with E-state index in [1.807, 2.05) is 13.8 Å². The van der Waals surface area contributed by atoms with E-state index in [1.165, 1.54) is 29.8 Å². The van der Waals surface area contributed by atoms with Crippen molar-refractivity contribution in [1.29, 1.82) is 0 Å². The molecular formula is C58H69ClF2N6O9S. The van der Waals surface area contributed by atoms with Gasteiger partial charge in [0.25, 0.3) is 0 Å². The topological polar surface area (TPSA) is 160 Å². The Labute approximate surface area is 458 Å². The summed E-state index contributed by atoms with van der Waals surface area (Å²) in [7, 11) is 3.74. The first-order chi connectivity index (χ1) is 37.3. The number of carboxylic acid groups (broad SMARTS) is 1. The fourth-order valence-corrected chi connectivity index (χ4v) is 11.5. The van der Waals surface area contributed by atoms with Gasteiger partial charge in [0, 0.05) is 85.9 Å². The Kier molecular flexibility index (Phi) is 20.8. The number of thiophene rings is 1. The molecule has 412 valence electrons. The normalized spacial score (nSPS) is 23.0. The lowest BCUT2D eigenvalue weighted by atomic mass is 9.80. The van der Waals surface area contributed by atoms with Gasteiger partial charge in [0.15, 0.2) is 0 Å². The van der Waals surface area contributed by atoms with Gasteiger partial charge in [-0.05, 0) is 106 Å². The molecule has 1 N–H and O–H groups in total. The quantitative estimate of drug-likeness (QED) is 0.0579. The zero-order chi connectivity index (χ0) is 54.3. The van der Waals surface area contributed by atoms with E-state index in [1.54, 1.807) is 49.7 Å². The molecule has 5 aromatic rings. The van der Waals surface area contributed by atoms with Crippen LogP contribution >= 0.6 is 22.9 Å². The summed E-state index contributed by atoms with van der Waals surface area (Å²) in [6.07, 6.45) is 10.5. The number of aromatic nitrogens is 4. The summed E-state index contributed by atoms with van der Waals surface area (Å²) in [5, 5.41) is 11.9. The second-order valence-electron chi connectivity index (χ2n) is 19.9.